The Morgan fingerprint density at radius 1 is 1.15 bits per heavy atom. The van der Waals surface area contributed by atoms with Gasteiger partial charge >= 0.3 is 0 Å². The van der Waals surface area contributed by atoms with E-state index in [0.29, 0.717) is 19.3 Å². The van der Waals surface area contributed by atoms with Crippen molar-refractivity contribution in [1.29, 1.82) is 0 Å². The van der Waals surface area contributed by atoms with Gasteiger partial charge in [-0.15, -0.1) is 6.58 Å². The second-order valence-corrected chi connectivity index (χ2v) is 6.40. The zero-order valence-electron chi connectivity index (χ0n) is 14.9. The Bertz CT molecular complexity index is 720. The molecule has 0 spiro atoms. The Balaban J connectivity index is 1.90. The maximum absolute atomic E-state index is 12.3. The number of piperazine rings is 1. The number of hydrogen-bond acceptors (Lipinski definition) is 4. The van der Waals surface area contributed by atoms with E-state index >= 15 is 0 Å². The van der Waals surface area contributed by atoms with Crippen LogP contribution in [-0.4, -0.2) is 41.8 Å². The Morgan fingerprint density at radius 3 is 2.41 bits per heavy atom. The number of nitrogens with two attached hydrogens (primary N) is 1. The van der Waals surface area contributed by atoms with Crippen LogP contribution in [0.4, 0.5) is 0 Å². The summed E-state index contributed by atoms with van der Waals surface area (Å²) >= 11 is 0. The van der Waals surface area contributed by atoms with E-state index in [1.165, 1.54) is 0 Å². The first-order valence-electron chi connectivity index (χ1n) is 8.75. The van der Waals surface area contributed by atoms with E-state index in [9.17, 15) is 19.2 Å². The highest BCUT2D eigenvalue weighted by Crippen LogP contribution is 2.09. The summed E-state index contributed by atoms with van der Waals surface area (Å²) in [7, 11) is 0. The third kappa shape index (κ3) is 5.95. The summed E-state index contributed by atoms with van der Waals surface area (Å²) in [6.45, 7) is 3.55. The normalized spacial score (nSPS) is 20.1. The number of allylic oxidation sites excluding steroid dienone is 1. The lowest BCUT2D eigenvalue weighted by molar-refractivity contribution is -0.138. The van der Waals surface area contributed by atoms with Gasteiger partial charge in [0.2, 0.25) is 23.6 Å². The van der Waals surface area contributed by atoms with Crippen LogP contribution >= 0.6 is 0 Å². The molecule has 3 atom stereocenters. The van der Waals surface area contributed by atoms with Crippen LogP contribution in [0.5, 0.6) is 0 Å². The average Bonchev–Trinajstić information content (AvgIpc) is 2.63. The quantitative estimate of drug-likeness (QED) is 0.437. The lowest BCUT2D eigenvalue weighted by Crippen LogP contribution is -2.63. The summed E-state index contributed by atoms with van der Waals surface area (Å²) in [6, 6.07) is 6.79. The molecule has 144 valence electrons. The lowest BCUT2D eigenvalue weighted by atomic mass is 10.0. The molecule has 1 saturated heterocycles. The third-order valence-electron chi connectivity index (χ3n) is 4.28. The summed E-state index contributed by atoms with van der Waals surface area (Å²) < 4.78 is 0. The van der Waals surface area contributed by atoms with Gasteiger partial charge in [-0.05, 0) is 18.4 Å². The van der Waals surface area contributed by atoms with Gasteiger partial charge in [0, 0.05) is 6.42 Å². The second-order valence-electron chi connectivity index (χ2n) is 6.40. The van der Waals surface area contributed by atoms with Gasteiger partial charge in [-0.25, -0.2) is 0 Å². The van der Waals surface area contributed by atoms with Gasteiger partial charge < -0.3 is 21.7 Å². The average molecular weight is 372 g/mol. The third-order valence-corrected chi connectivity index (χ3v) is 4.28. The Hall–Kier alpha value is -3.16. The predicted molar refractivity (Wildman–Crippen MR) is 99.2 cm³/mol. The van der Waals surface area contributed by atoms with Crippen molar-refractivity contribution in [2.24, 2.45) is 5.73 Å². The zero-order chi connectivity index (χ0) is 19.8. The Labute approximate surface area is 157 Å². The summed E-state index contributed by atoms with van der Waals surface area (Å²) in [4.78, 5) is 48.1. The van der Waals surface area contributed by atoms with Gasteiger partial charge in [-0.3, -0.25) is 19.2 Å². The molecule has 0 bridgehead atoms. The fraction of sp³-hybridized carbons (Fsp3) is 0.368. The van der Waals surface area contributed by atoms with Crippen LogP contribution in [0.15, 0.2) is 43.0 Å². The molecule has 5 N–H and O–H groups in total. The SMILES string of the molecule is C=CCC[C@H](NC(=O)C[C@@H]1NC(=O)[C@H](Cc2ccccc2)NC1=O)C(N)=O. The predicted octanol–water partition coefficient (Wildman–Crippen LogP) is -0.461. The molecule has 0 aliphatic carbocycles. The lowest BCUT2D eigenvalue weighted by Gasteiger charge is -2.29. The van der Waals surface area contributed by atoms with Crippen molar-refractivity contribution < 1.29 is 19.2 Å². The van der Waals surface area contributed by atoms with Gasteiger partial charge in [0.25, 0.3) is 0 Å². The Kier molecular flexibility index (Phi) is 7.10. The summed E-state index contributed by atoms with van der Waals surface area (Å²) in [5.74, 6) is -1.99. The van der Waals surface area contributed by atoms with Crippen LogP contribution < -0.4 is 21.7 Å². The van der Waals surface area contributed by atoms with Crippen molar-refractivity contribution in [2.75, 3.05) is 0 Å². The molecule has 0 radical (unpaired) electrons. The van der Waals surface area contributed by atoms with E-state index in [-0.39, 0.29) is 12.3 Å². The number of rotatable bonds is 9. The minimum Gasteiger partial charge on any atom is -0.368 e. The minimum atomic E-state index is -0.988. The highest BCUT2D eigenvalue weighted by atomic mass is 16.2. The number of hydrogen-bond donors (Lipinski definition) is 4. The van der Waals surface area contributed by atoms with Gasteiger partial charge in [-0.2, -0.15) is 0 Å². The molecule has 0 aromatic heterocycles. The first-order chi connectivity index (χ1) is 12.9. The Morgan fingerprint density at radius 2 is 1.78 bits per heavy atom. The number of nitrogens with one attached hydrogen (secondary N) is 3. The molecular formula is C19H24N4O4. The van der Waals surface area contributed by atoms with Crippen molar-refractivity contribution in [1.82, 2.24) is 16.0 Å². The highest BCUT2D eigenvalue weighted by molar-refractivity contribution is 5.99. The molecule has 1 aliphatic rings. The number of carbonyl (C=O) groups excluding carboxylic acids is 4. The molecule has 8 nitrogen and oxygen atoms in total. The van der Waals surface area contributed by atoms with Crippen LogP contribution in [0, 0.1) is 0 Å². The molecular weight excluding hydrogens is 348 g/mol. The fourth-order valence-electron chi connectivity index (χ4n) is 2.82. The van der Waals surface area contributed by atoms with E-state index in [1.54, 1.807) is 6.08 Å². The maximum atomic E-state index is 12.3. The molecule has 0 unspecified atom stereocenters. The summed E-state index contributed by atoms with van der Waals surface area (Å²) in [6.07, 6.45) is 2.54. The van der Waals surface area contributed by atoms with E-state index in [2.05, 4.69) is 22.5 Å². The van der Waals surface area contributed by atoms with Crippen LogP contribution in [-0.2, 0) is 25.6 Å². The number of primary amides is 1. The van der Waals surface area contributed by atoms with Crippen molar-refractivity contribution in [3.05, 3.63) is 48.6 Å². The van der Waals surface area contributed by atoms with Gasteiger partial charge in [0.15, 0.2) is 0 Å². The fourth-order valence-corrected chi connectivity index (χ4v) is 2.82. The largest absolute Gasteiger partial charge is 0.368 e. The molecule has 4 amide bonds. The van der Waals surface area contributed by atoms with Crippen LogP contribution in [0.25, 0.3) is 0 Å². The van der Waals surface area contributed by atoms with Crippen molar-refractivity contribution >= 4 is 23.6 Å². The summed E-state index contributed by atoms with van der Waals surface area (Å²) in [5.41, 5.74) is 6.18. The number of amides is 4. The van der Waals surface area contributed by atoms with Gasteiger partial charge in [0.05, 0.1) is 6.42 Å². The molecule has 1 aliphatic heterocycles. The van der Waals surface area contributed by atoms with Crippen molar-refractivity contribution in [3.63, 3.8) is 0 Å². The summed E-state index contributed by atoms with van der Waals surface area (Å²) in [5, 5.41) is 7.71. The van der Waals surface area contributed by atoms with Crippen LogP contribution in [0.1, 0.15) is 24.8 Å². The molecule has 1 fully saturated rings. The highest BCUT2D eigenvalue weighted by Gasteiger charge is 2.35. The topological polar surface area (TPSA) is 130 Å². The van der Waals surface area contributed by atoms with E-state index in [1.807, 2.05) is 30.3 Å². The molecule has 1 aromatic carbocycles. The number of carbonyl (C=O) groups is 4. The first-order valence-corrected chi connectivity index (χ1v) is 8.75. The first kappa shape index (κ1) is 20.2. The molecule has 27 heavy (non-hydrogen) atoms. The van der Waals surface area contributed by atoms with Crippen LogP contribution in [0.3, 0.4) is 0 Å². The molecule has 1 heterocycles. The zero-order valence-corrected chi connectivity index (χ0v) is 14.9. The van der Waals surface area contributed by atoms with E-state index < -0.39 is 35.8 Å². The van der Waals surface area contributed by atoms with E-state index in [4.69, 9.17) is 5.73 Å². The van der Waals surface area contributed by atoms with Crippen molar-refractivity contribution in [3.8, 4) is 0 Å². The maximum Gasteiger partial charge on any atom is 0.243 e. The number of benzene rings is 1. The van der Waals surface area contributed by atoms with Crippen molar-refractivity contribution in [2.45, 2.75) is 43.8 Å². The second kappa shape index (κ2) is 9.51. The molecule has 8 heteroatoms. The standard InChI is InChI=1S/C19H24N4O4/c1-2-3-9-13(17(20)25)21-16(24)11-15-19(27)22-14(18(26)23-15)10-12-7-5-4-6-8-12/h2,4-8,13-15H,1,3,9-11H2,(H2,20,25)(H,21,24)(H,22,27)(H,23,26)/t13-,14-,15-/m0/s1. The smallest absolute Gasteiger partial charge is 0.243 e. The van der Waals surface area contributed by atoms with Crippen LogP contribution in [0.2, 0.25) is 0 Å². The molecule has 1 aromatic rings. The van der Waals surface area contributed by atoms with E-state index in [0.717, 1.165) is 5.56 Å². The molecule has 2 rings (SSSR count). The molecule has 0 saturated carbocycles. The van der Waals surface area contributed by atoms with Gasteiger partial charge in [0.1, 0.15) is 18.1 Å². The monoisotopic (exact) mass is 372 g/mol. The van der Waals surface area contributed by atoms with Gasteiger partial charge in [-0.1, -0.05) is 36.4 Å². The minimum absolute atomic E-state index is 0.270.